The summed E-state index contributed by atoms with van der Waals surface area (Å²) in [4.78, 5) is 37.7. The predicted octanol–water partition coefficient (Wildman–Crippen LogP) is 2.68. The molecule has 0 aliphatic carbocycles. The summed E-state index contributed by atoms with van der Waals surface area (Å²) < 4.78 is 5.09. The van der Waals surface area contributed by atoms with E-state index in [0.29, 0.717) is 18.5 Å². The number of nitrogens with two attached hydrogens (primary N) is 1. The number of aromatic amines is 1. The first-order valence-corrected chi connectivity index (χ1v) is 8.84. The van der Waals surface area contributed by atoms with Crippen LogP contribution in [0.4, 0.5) is 4.79 Å². The molecule has 1 heterocycles. The number of ketones is 1. The van der Waals surface area contributed by atoms with Gasteiger partial charge in [0.25, 0.3) is 0 Å². The largest absolute Gasteiger partial charge is 0.457 e. The Labute approximate surface area is 152 Å². The van der Waals surface area contributed by atoms with E-state index >= 15 is 0 Å². The molecular weight excluding hydrogens is 334 g/mol. The number of primary amides is 1. The van der Waals surface area contributed by atoms with E-state index in [-0.39, 0.29) is 18.8 Å². The molecule has 0 fully saturated rings. The van der Waals surface area contributed by atoms with Gasteiger partial charge in [-0.15, -0.1) is 0 Å². The van der Waals surface area contributed by atoms with Crippen LogP contribution in [0.1, 0.15) is 48.5 Å². The first-order chi connectivity index (χ1) is 12.5. The van der Waals surface area contributed by atoms with Crippen LogP contribution in [-0.4, -0.2) is 35.9 Å². The number of Topliss-reactive ketones (excluding diaryl/α,β-unsaturated/α-hetero) is 1. The number of hydrogen-bond acceptors (Lipinski definition) is 4. The maximum Gasteiger partial charge on any atom is 0.312 e. The van der Waals surface area contributed by atoms with E-state index in [0.717, 1.165) is 35.7 Å². The fourth-order valence-corrected chi connectivity index (χ4v) is 2.82. The van der Waals surface area contributed by atoms with E-state index in [1.807, 2.05) is 18.2 Å². The Morgan fingerprint density at radius 2 is 2.00 bits per heavy atom. The third-order valence-electron chi connectivity index (χ3n) is 4.20. The Kier molecular flexibility index (Phi) is 7.20. The number of carbonyl (C=O) groups excluding carboxylic acids is 3. The van der Waals surface area contributed by atoms with Crippen molar-refractivity contribution in [3.63, 3.8) is 0 Å². The SMILES string of the molecule is CCc1cccc2c(C(=O)COC(=O)CCCCCNC(N)=O)c[nH]c12. The molecule has 0 aliphatic rings. The normalized spacial score (nSPS) is 10.7. The molecule has 0 spiro atoms. The van der Waals surface area contributed by atoms with Crippen molar-refractivity contribution in [3.05, 3.63) is 35.5 Å². The van der Waals surface area contributed by atoms with Gasteiger partial charge >= 0.3 is 12.0 Å². The van der Waals surface area contributed by atoms with E-state index in [1.165, 1.54) is 0 Å². The lowest BCUT2D eigenvalue weighted by Crippen LogP contribution is -2.29. The van der Waals surface area contributed by atoms with Crippen molar-refractivity contribution in [2.75, 3.05) is 13.2 Å². The molecule has 0 bridgehead atoms. The maximum atomic E-state index is 12.4. The van der Waals surface area contributed by atoms with E-state index in [4.69, 9.17) is 10.5 Å². The van der Waals surface area contributed by atoms with Crippen LogP contribution in [0.2, 0.25) is 0 Å². The number of aryl methyl sites for hydroxylation is 1. The summed E-state index contributed by atoms with van der Waals surface area (Å²) in [7, 11) is 0. The Morgan fingerprint density at radius 1 is 1.19 bits per heavy atom. The van der Waals surface area contributed by atoms with Crippen molar-refractivity contribution >= 4 is 28.7 Å². The number of amides is 2. The van der Waals surface area contributed by atoms with Gasteiger partial charge in [-0.2, -0.15) is 0 Å². The van der Waals surface area contributed by atoms with Crippen molar-refractivity contribution in [2.45, 2.75) is 39.0 Å². The molecule has 0 atom stereocenters. The van der Waals surface area contributed by atoms with Gasteiger partial charge in [0.1, 0.15) is 0 Å². The molecule has 4 N–H and O–H groups in total. The Bertz CT molecular complexity index is 782. The number of urea groups is 1. The van der Waals surface area contributed by atoms with Crippen LogP contribution in [0, 0.1) is 0 Å². The quantitative estimate of drug-likeness (QED) is 0.344. The van der Waals surface area contributed by atoms with Crippen molar-refractivity contribution in [1.29, 1.82) is 0 Å². The topological polar surface area (TPSA) is 114 Å². The van der Waals surface area contributed by atoms with E-state index in [1.54, 1.807) is 6.20 Å². The molecule has 2 rings (SSSR count). The number of H-pyrrole nitrogens is 1. The molecule has 0 aliphatic heterocycles. The average molecular weight is 359 g/mol. The van der Waals surface area contributed by atoms with Crippen LogP contribution >= 0.6 is 0 Å². The van der Waals surface area contributed by atoms with Crippen molar-refractivity contribution < 1.29 is 19.1 Å². The minimum atomic E-state index is -0.550. The lowest BCUT2D eigenvalue weighted by molar-refractivity contribution is -0.142. The van der Waals surface area contributed by atoms with Gasteiger partial charge in [-0.3, -0.25) is 9.59 Å². The first kappa shape index (κ1) is 19.5. The van der Waals surface area contributed by atoms with Crippen LogP contribution in [0.5, 0.6) is 0 Å². The van der Waals surface area contributed by atoms with Crippen molar-refractivity contribution in [1.82, 2.24) is 10.3 Å². The number of rotatable bonds is 10. The van der Waals surface area contributed by atoms with Gasteiger partial charge in [-0.25, -0.2) is 4.79 Å². The summed E-state index contributed by atoms with van der Waals surface area (Å²) in [5.74, 6) is -0.612. The van der Waals surface area contributed by atoms with Gasteiger partial charge in [0.05, 0.1) is 0 Å². The number of benzene rings is 1. The second-order valence-electron chi connectivity index (χ2n) is 6.08. The third-order valence-corrected chi connectivity index (χ3v) is 4.20. The molecule has 7 heteroatoms. The minimum absolute atomic E-state index is 0.219. The lowest BCUT2D eigenvalue weighted by Gasteiger charge is -2.05. The van der Waals surface area contributed by atoms with Gasteiger partial charge in [-0.05, 0) is 24.8 Å². The van der Waals surface area contributed by atoms with Crippen LogP contribution in [0.25, 0.3) is 10.9 Å². The highest BCUT2D eigenvalue weighted by molar-refractivity contribution is 6.09. The molecule has 1 aromatic heterocycles. The molecule has 7 nitrogen and oxygen atoms in total. The first-order valence-electron chi connectivity index (χ1n) is 8.84. The van der Waals surface area contributed by atoms with E-state index < -0.39 is 12.0 Å². The zero-order valence-corrected chi connectivity index (χ0v) is 15.0. The summed E-state index contributed by atoms with van der Waals surface area (Å²) in [6.07, 6.45) is 4.94. The maximum absolute atomic E-state index is 12.4. The monoisotopic (exact) mass is 359 g/mol. The number of fused-ring (bicyclic) bond motifs is 1. The highest BCUT2D eigenvalue weighted by Gasteiger charge is 2.15. The zero-order valence-electron chi connectivity index (χ0n) is 15.0. The second-order valence-corrected chi connectivity index (χ2v) is 6.08. The fourth-order valence-electron chi connectivity index (χ4n) is 2.82. The molecule has 0 unspecified atom stereocenters. The number of para-hydroxylation sites is 1. The standard InChI is InChI=1S/C19H25N3O4/c1-2-13-7-6-8-14-15(11-22-18(13)14)16(23)12-26-17(24)9-4-3-5-10-21-19(20)25/h6-8,11,22H,2-5,9-10,12H2,1H3,(H3,20,21,25). The molecular formula is C19H25N3O4. The highest BCUT2D eigenvalue weighted by Crippen LogP contribution is 2.22. The number of nitrogens with one attached hydrogen (secondary N) is 2. The molecule has 1 aromatic carbocycles. The molecule has 26 heavy (non-hydrogen) atoms. The fraction of sp³-hybridized carbons (Fsp3) is 0.421. The minimum Gasteiger partial charge on any atom is -0.457 e. The van der Waals surface area contributed by atoms with Crippen LogP contribution < -0.4 is 11.1 Å². The number of aromatic nitrogens is 1. The number of hydrogen-bond donors (Lipinski definition) is 3. The zero-order chi connectivity index (χ0) is 18.9. The average Bonchev–Trinajstić information content (AvgIpc) is 3.06. The molecule has 140 valence electrons. The number of unbranched alkanes of at least 4 members (excludes halogenated alkanes) is 2. The number of esters is 1. The Hall–Kier alpha value is -2.83. The predicted molar refractivity (Wildman–Crippen MR) is 99.0 cm³/mol. The summed E-state index contributed by atoms with van der Waals surface area (Å²) in [5, 5.41) is 3.34. The Balaban J connectivity index is 1.76. The molecule has 2 amide bonds. The summed E-state index contributed by atoms with van der Waals surface area (Å²) >= 11 is 0. The number of carbonyl (C=O) groups is 3. The highest BCUT2D eigenvalue weighted by atomic mass is 16.5. The van der Waals surface area contributed by atoms with Gasteiger partial charge < -0.3 is 20.8 Å². The van der Waals surface area contributed by atoms with Gasteiger partial charge in [0, 0.05) is 35.6 Å². The lowest BCUT2D eigenvalue weighted by atomic mass is 10.1. The summed E-state index contributed by atoms with van der Waals surface area (Å²) in [5.41, 5.74) is 7.59. The molecule has 2 aromatic rings. The van der Waals surface area contributed by atoms with Crippen LogP contribution in [0.15, 0.2) is 24.4 Å². The third kappa shape index (κ3) is 5.34. The van der Waals surface area contributed by atoms with Gasteiger partial charge in [0.2, 0.25) is 5.78 Å². The molecule has 0 radical (unpaired) electrons. The van der Waals surface area contributed by atoms with Crippen LogP contribution in [0.3, 0.4) is 0 Å². The van der Waals surface area contributed by atoms with Gasteiger partial charge in [-0.1, -0.05) is 31.5 Å². The summed E-state index contributed by atoms with van der Waals surface area (Å²) in [6, 6.07) is 5.28. The van der Waals surface area contributed by atoms with Crippen molar-refractivity contribution in [2.24, 2.45) is 5.73 Å². The number of ether oxygens (including phenoxy) is 1. The van der Waals surface area contributed by atoms with E-state index in [9.17, 15) is 14.4 Å². The molecule has 0 saturated carbocycles. The second kappa shape index (κ2) is 9.60. The van der Waals surface area contributed by atoms with Crippen molar-refractivity contribution in [3.8, 4) is 0 Å². The van der Waals surface area contributed by atoms with E-state index in [2.05, 4.69) is 17.2 Å². The molecule has 0 saturated heterocycles. The van der Waals surface area contributed by atoms with Crippen LogP contribution in [-0.2, 0) is 16.0 Å². The summed E-state index contributed by atoms with van der Waals surface area (Å²) in [6.45, 7) is 2.29. The smallest absolute Gasteiger partial charge is 0.312 e. The Morgan fingerprint density at radius 3 is 2.73 bits per heavy atom. The van der Waals surface area contributed by atoms with Gasteiger partial charge in [0.15, 0.2) is 6.61 Å².